The summed E-state index contributed by atoms with van der Waals surface area (Å²) in [5.41, 5.74) is 1.64. The Morgan fingerprint density at radius 1 is 0.426 bits per heavy atom. The monoisotopic (exact) mass is 1030 g/mol. The number of rotatable bonds is 10. The van der Waals surface area contributed by atoms with Crippen LogP contribution in [-0.4, -0.2) is 81.9 Å². The predicted molar refractivity (Wildman–Crippen MR) is 224 cm³/mol. The zero-order valence-electron chi connectivity index (χ0n) is 35.8. The minimum Gasteiger partial charge on any atom is -0.744 e. The molecule has 0 bridgehead atoms. The Balaban J connectivity index is 0.00000216. The number of aromatic nitrogens is 6. The Morgan fingerprint density at radius 3 is 1.56 bits per heavy atom. The van der Waals surface area contributed by atoms with Gasteiger partial charge in [0.15, 0.2) is 0 Å². The fraction of sp³-hybridized carbons (Fsp3) is 0. The van der Waals surface area contributed by atoms with Crippen LogP contribution in [0, 0.1) is 0 Å². The number of hydrogen-bond acceptors (Lipinski definition) is 18. The standard InChI is InChI=1S/C40H26N8O12S4.4Na/c49-61(50,51)30-14-15-31-23(21-30)7-16-34-39(31)45-47(43-34)28-11-8-26(9-12-28)41-42-27-10-17-36(62(52,53)54)24(19-27)5-6-25-20-29(13-18-37(25)63(55,56)57)48-44-35-22-38(64(58,59)60)32-3-1-2-4-33(32)40(35)46-48;;;;/h1-22H,(H,49,50,51)(H,52,53,54)(H,55,56,57)(H,58,59,60);;;;/q;4*+1/p-4. The second-order valence-electron chi connectivity index (χ2n) is 13.9. The number of benzene rings is 7. The van der Waals surface area contributed by atoms with Crippen molar-refractivity contribution in [2.75, 3.05) is 0 Å². The van der Waals surface area contributed by atoms with Crippen molar-refractivity contribution in [3.8, 4) is 11.4 Å². The Kier molecular flexibility index (Phi) is 17.5. The zero-order valence-corrected chi connectivity index (χ0v) is 47.1. The van der Waals surface area contributed by atoms with Crippen LogP contribution in [0.25, 0.3) is 67.1 Å². The molecule has 7 aromatic carbocycles. The van der Waals surface area contributed by atoms with Gasteiger partial charge in [0.25, 0.3) is 0 Å². The molecular weight excluding hydrogens is 1000 g/mol. The Hall–Kier alpha value is -3.16. The predicted octanol–water partition coefficient (Wildman–Crippen LogP) is -6.32. The first kappa shape index (κ1) is 55.8. The molecule has 0 radical (unpaired) electrons. The second-order valence-corrected chi connectivity index (χ2v) is 19.3. The molecule has 0 saturated carbocycles. The van der Waals surface area contributed by atoms with Gasteiger partial charge in [0, 0.05) is 16.2 Å². The van der Waals surface area contributed by atoms with Gasteiger partial charge in [-0.2, -0.15) is 19.8 Å². The number of azo groups is 1. The Morgan fingerprint density at radius 2 is 0.941 bits per heavy atom. The third-order valence-electron chi connectivity index (χ3n) is 9.81. The van der Waals surface area contributed by atoms with Crippen LogP contribution in [0.2, 0.25) is 0 Å². The van der Waals surface area contributed by atoms with Gasteiger partial charge in [-0.15, -0.1) is 20.4 Å². The van der Waals surface area contributed by atoms with Gasteiger partial charge in [-0.1, -0.05) is 48.6 Å². The first-order valence-electron chi connectivity index (χ1n) is 18.1. The van der Waals surface area contributed by atoms with E-state index in [2.05, 4.69) is 30.6 Å². The van der Waals surface area contributed by atoms with E-state index in [1.54, 1.807) is 42.5 Å². The molecule has 20 nitrogen and oxygen atoms in total. The summed E-state index contributed by atoms with van der Waals surface area (Å²) in [7, 11) is -19.9. The van der Waals surface area contributed by atoms with E-state index in [0.717, 1.165) is 35.1 Å². The molecule has 28 heteroatoms. The van der Waals surface area contributed by atoms with Crippen molar-refractivity contribution in [3.63, 3.8) is 0 Å². The molecule has 0 aliphatic heterocycles. The molecule has 9 rings (SSSR count). The van der Waals surface area contributed by atoms with Crippen LogP contribution < -0.4 is 118 Å². The molecule has 0 saturated heterocycles. The third-order valence-corrected chi connectivity index (χ3v) is 13.3. The fourth-order valence-electron chi connectivity index (χ4n) is 6.91. The van der Waals surface area contributed by atoms with E-state index in [9.17, 15) is 51.9 Å². The van der Waals surface area contributed by atoms with Crippen molar-refractivity contribution in [1.82, 2.24) is 30.0 Å². The van der Waals surface area contributed by atoms with E-state index in [1.807, 2.05) is 0 Å². The molecule has 0 fully saturated rings. The van der Waals surface area contributed by atoms with Gasteiger partial charge in [-0.05, 0) is 101 Å². The summed E-state index contributed by atoms with van der Waals surface area (Å²) in [6.45, 7) is 0. The molecule has 0 atom stereocenters. The maximum Gasteiger partial charge on any atom is 1.00 e. The summed E-state index contributed by atoms with van der Waals surface area (Å²) < 4.78 is 145. The molecule has 0 aliphatic carbocycles. The van der Waals surface area contributed by atoms with E-state index in [4.69, 9.17) is 0 Å². The van der Waals surface area contributed by atoms with E-state index in [-0.39, 0.29) is 167 Å². The van der Waals surface area contributed by atoms with Crippen molar-refractivity contribution in [1.29, 1.82) is 0 Å². The molecule has 322 valence electrons. The van der Waals surface area contributed by atoms with Crippen LogP contribution in [0.4, 0.5) is 11.4 Å². The van der Waals surface area contributed by atoms with E-state index >= 15 is 0 Å². The van der Waals surface area contributed by atoms with Crippen molar-refractivity contribution < 1.29 is 170 Å². The first-order valence-corrected chi connectivity index (χ1v) is 23.7. The van der Waals surface area contributed by atoms with Crippen molar-refractivity contribution in [2.24, 2.45) is 10.2 Å². The summed E-state index contributed by atoms with van der Waals surface area (Å²) >= 11 is 0. The molecular formula is C40H22N8Na4O12S4. The van der Waals surface area contributed by atoms with E-state index in [0.29, 0.717) is 33.2 Å². The summed E-state index contributed by atoms with van der Waals surface area (Å²) in [6, 6.07) is 27.5. The Bertz CT molecular complexity index is 3990. The average molecular weight is 1030 g/mol. The van der Waals surface area contributed by atoms with Crippen LogP contribution in [0.5, 0.6) is 0 Å². The smallest absolute Gasteiger partial charge is 0.744 e. The number of nitrogens with zero attached hydrogens (tertiary/aromatic N) is 8. The summed E-state index contributed by atoms with van der Waals surface area (Å²) in [4.78, 5) is 0.0444. The summed E-state index contributed by atoms with van der Waals surface area (Å²) in [5, 5.41) is 27.5. The SMILES string of the molecule is O=S(=O)([O-])c1ccc2c(ccc3nn(-c4ccc(N=Nc5ccc(S(=O)(=O)[O-])c(C=Cc6cc(-n7nc8cc(S(=O)(=O)[O-])c9ccccc9c8n7)ccc6S(=O)(=O)[O-])c5)cc4)nc32)c1.[Na+].[Na+].[Na+].[Na+]. The van der Waals surface area contributed by atoms with Crippen molar-refractivity contribution in [3.05, 3.63) is 132 Å². The van der Waals surface area contributed by atoms with E-state index in [1.165, 1.54) is 65.5 Å². The molecule has 68 heavy (non-hydrogen) atoms. The fourth-order valence-corrected chi connectivity index (χ4v) is 9.42. The minimum absolute atomic E-state index is 0. The molecule has 0 N–H and O–H groups in total. The van der Waals surface area contributed by atoms with Gasteiger partial charge < -0.3 is 18.2 Å². The van der Waals surface area contributed by atoms with Crippen molar-refractivity contribution >= 4 is 108 Å². The van der Waals surface area contributed by atoms with Crippen LogP contribution in [-0.2, 0) is 40.5 Å². The molecule has 0 amide bonds. The summed E-state index contributed by atoms with van der Waals surface area (Å²) in [6.07, 6.45) is 2.18. The number of fused-ring (bicyclic) bond motifs is 6. The van der Waals surface area contributed by atoms with Gasteiger partial charge in [0.2, 0.25) is 0 Å². The van der Waals surface area contributed by atoms with Gasteiger partial charge in [-0.3, -0.25) is 0 Å². The maximum absolute atomic E-state index is 12.3. The maximum atomic E-state index is 12.3. The minimum atomic E-state index is -5.14. The van der Waals surface area contributed by atoms with Gasteiger partial charge >= 0.3 is 118 Å². The van der Waals surface area contributed by atoms with Crippen molar-refractivity contribution in [2.45, 2.75) is 19.6 Å². The van der Waals surface area contributed by atoms with Crippen LogP contribution in [0.3, 0.4) is 0 Å². The van der Waals surface area contributed by atoms with E-state index < -0.39 is 55.2 Å². The average Bonchev–Trinajstić information content (AvgIpc) is 3.89. The third kappa shape index (κ3) is 11.6. The largest absolute Gasteiger partial charge is 1.00 e. The van der Waals surface area contributed by atoms with Crippen LogP contribution in [0.1, 0.15) is 11.1 Å². The summed E-state index contributed by atoms with van der Waals surface area (Å²) in [5.74, 6) is 0. The van der Waals surface area contributed by atoms with Gasteiger partial charge in [0.1, 0.15) is 62.5 Å². The first-order chi connectivity index (χ1) is 30.2. The molecule has 9 aromatic rings. The van der Waals surface area contributed by atoms with Crippen LogP contribution in [0.15, 0.2) is 151 Å². The quantitative estimate of drug-likeness (QED) is 0.0532. The van der Waals surface area contributed by atoms with Gasteiger partial charge in [0.05, 0.1) is 42.3 Å². The topological polar surface area (TPSA) is 315 Å². The second kappa shape index (κ2) is 21.3. The molecule has 0 spiro atoms. The van der Waals surface area contributed by atoms with Crippen LogP contribution >= 0.6 is 0 Å². The normalized spacial score (nSPS) is 12.3. The number of hydrogen-bond donors (Lipinski definition) is 0. The molecule has 2 heterocycles. The Labute approximate surface area is 475 Å². The zero-order chi connectivity index (χ0) is 45.3. The molecule has 0 unspecified atom stereocenters. The molecule has 0 aliphatic rings. The van der Waals surface area contributed by atoms with Gasteiger partial charge in [-0.25, -0.2) is 33.7 Å². The molecule has 2 aromatic heterocycles.